The van der Waals surface area contributed by atoms with Gasteiger partial charge in [-0.1, -0.05) is 31.5 Å². The van der Waals surface area contributed by atoms with E-state index in [0.29, 0.717) is 5.95 Å². The first-order valence-corrected chi connectivity index (χ1v) is 9.37. The van der Waals surface area contributed by atoms with Crippen LogP contribution in [-0.2, 0) is 6.42 Å². The minimum absolute atomic E-state index is 0.233. The summed E-state index contributed by atoms with van der Waals surface area (Å²) in [6, 6.07) is 14.9. The van der Waals surface area contributed by atoms with Crippen molar-refractivity contribution in [2.24, 2.45) is 0 Å². The third-order valence-electron chi connectivity index (χ3n) is 4.95. The molecule has 2 aromatic heterocycles. The van der Waals surface area contributed by atoms with Crippen molar-refractivity contribution in [3.8, 4) is 17.2 Å². The summed E-state index contributed by atoms with van der Waals surface area (Å²) in [6.45, 7) is 4.31. The molecule has 2 heterocycles. The van der Waals surface area contributed by atoms with Crippen molar-refractivity contribution in [1.29, 1.82) is 0 Å². The van der Waals surface area contributed by atoms with Crippen LogP contribution >= 0.6 is 0 Å². The Bertz CT molecular complexity index is 1070. The van der Waals surface area contributed by atoms with Crippen LogP contribution in [0.1, 0.15) is 30.9 Å². The number of hydrogen-bond acceptors (Lipinski definition) is 2. The first-order valence-electron chi connectivity index (χ1n) is 9.37. The Hall–Kier alpha value is -3.01. The minimum Gasteiger partial charge on any atom is -0.277 e. The molecule has 0 unspecified atom stereocenters. The second-order valence-electron chi connectivity index (χ2n) is 6.79. The molecule has 2 aromatic carbocycles. The lowest BCUT2D eigenvalue weighted by molar-refractivity contribution is 0.628. The second-order valence-corrected chi connectivity index (χ2v) is 6.79. The highest BCUT2D eigenvalue weighted by atomic mass is 19.1. The van der Waals surface area contributed by atoms with Gasteiger partial charge in [-0.3, -0.25) is 4.57 Å². The largest absolute Gasteiger partial charge is 0.277 e. The molecule has 0 atom stereocenters. The summed E-state index contributed by atoms with van der Waals surface area (Å²) in [5.41, 5.74) is 5.60. The van der Waals surface area contributed by atoms with Gasteiger partial charge in [0, 0.05) is 17.8 Å². The van der Waals surface area contributed by atoms with Gasteiger partial charge in [0.05, 0.1) is 11.2 Å². The Labute approximate surface area is 158 Å². The Morgan fingerprint density at radius 3 is 2.41 bits per heavy atom. The number of nitrogens with zero attached hydrogens (tertiary/aromatic N) is 3. The summed E-state index contributed by atoms with van der Waals surface area (Å²) in [5, 5.41) is 1.22. The van der Waals surface area contributed by atoms with E-state index in [1.807, 2.05) is 18.2 Å². The van der Waals surface area contributed by atoms with Crippen LogP contribution in [0.2, 0.25) is 0 Å². The number of rotatable bonds is 5. The van der Waals surface area contributed by atoms with Crippen molar-refractivity contribution < 1.29 is 4.39 Å². The lowest BCUT2D eigenvalue weighted by atomic mass is 10.00. The van der Waals surface area contributed by atoms with Crippen LogP contribution in [0.25, 0.3) is 28.1 Å². The number of halogens is 1. The zero-order valence-corrected chi connectivity index (χ0v) is 15.6. The van der Waals surface area contributed by atoms with E-state index in [4.69, 9.17) is 0 Å². The van der Waals surface area contributed by atoms with Crippen LogP contribution in [0.15, 0.2) is 60.9 Å². The van der Waals surface area contributed by atoms with E-state index >= 15 is 0 Å². The van der Waals surface area contributed by atoms with Crippen LogP contribution in [0, 0.1) is 12.7 Å². The number of aryl methyl sites for hydroxylation is 2. The number of para-hydroxylation sites is 1. The molecule has 4 heteroatoms. The molecular formula is C23H22FN3. The van der Waals surface area contributed by atoms with Gasteiger partial charge < -0.3 is 0 Å². The smallest absolute Gasteiger partial charge is 0.234 e. The topological polar surface area (TPSA) is 30.7 Å². The van der Waals surface area contributed by atoms with Crippen molar-refractivity contribution in [3.63, 3.8) is 0 Å². The molecule has 0 aliphatic carbocycles. The first-order chi connectivity index (χ1) is 13.2. The fraction of sp³-hybridized carbons (Fsp3) is 0.217. The van der Waals surface area contributed by atoms with Gasteiger partial charge in [-0.15, -0.1) is 0 Å². The van der Waals surface area contributed by atoms with Crippen molar-refractivity contribution >= 4 is 10.9 Å². The molecule has 27 heavy (non-hydrogen) atoms. The maximum atomic E-state index is 13.6. The van der Waals surface area contributed by atoms with Crippen molar-refractivity contribution in [2.75, 3.05) is 0 Å². The third-order valence-corrected chi connectivity index (χ3v) is 4.95. The van der Waals surface area contributed by atoms with E-state index in [0.717, 1.165) is 36.0 Å². The van der Waals surface area contributed by atoms with Crippen molar-refractivity contribution in [3.05, 3.63) is 77.9 Å². The zero-order valence-electron chi connectivity index (χ0n) is 15.6. The maximum Gasteiger partial charge on any atom is 0.234 e. The van der Waals surface area contributed by atoms with E-state index in [-0.39, 0.29) is 5.82 Å². The quantitative estimate of drug-likeness (QED) is 0.446. The summed E-state index contributed by atoms with van der Waals surface area (Å²) in [5.74, 6) is 0.405. The molecule has 0 aliphatic heterocycles. The van der Waals surface area contributed by atoms with Gasteiger partial charge in [-0.25, -0.2) is 14.4 Å². The van der Waals surface area contributed by atoms with E-state index in [9.17, 15) is 4.39 Å². The van der Waals surface area contributed by atoms with Gasteiger partial charge in [-0.2, -0.15) is 0 Å². The molecule has 0 bridgehead atoms. The van der Waals surface area contributed by atoms with E-state index in [2.05, 4.69) is 46.6 Å². The summed E-state index contributed by atoms with van der Waals surface area (Å²) in [4.78, 5) is 9.03. The fourth-order valence-corrected chi connectivity index (χ4v) is 3.70. The summed E-state index contributed by atoms with van der Waals surface area (Å²) < 4.78 is 15.7. The molecule has 0 fully saturated rings. The third kappa shape index (κ3) is 3.12. The van der Waals surface area contributed by atoms with Gasteiger partial charge in [0.15, 0.2) is 0 Å². The summed E-state index contributed by atoms with van der Waals surface area (Å²) >= 11 is 0. The molecule has 136 valence electrons. The normalized spacial score (nSPS) is 11.2. The van der Waals surface area contributed by atoms with Crippen LogP contribution in [-0.4, -0.2) is 14.5 Å². The molecular weight excluding hydrogens is 337 g/mol. The maximum absolute atomic E-state index is 13.6. The minimum atomic E-state index is -0.233. The highest BCUT2D eigenvalue weighted by Gasteiger charge is 2.21. The summed E-state index contributed by atoms with van der Waals surface area (Å²) in [7, 11) is 0. The van der Waals surface area contributed by atoms with Gasteiger partial charge in [0.25, 0.3) is 0 Å². The highest BCUT2D eigenvalue weighted by molar-refractivity contribution is 5.95. The molecule has 0 saturated heterocycles. The average Bonchev–Trinajstić information content (AvgIpc) is 3.03. The molecule has 4 rings (SSSR count). The Kier molecular flexibility index (Phi) is 4.71. The van der Waals surface area contributed by atoms with E-state index < -0.39 is 0 Å². The molecule has 4 aromatic rings. The lowest BCUT2D eigenvalue weighted by Crippen LogP contribution is -2.03. The van der Waals surface area contributed by atoms with Crippen LogP contribution in [0.5, 0.6) is 0 Å². The number of unbranched alkanes of at least 4 members (excludes halogenated alkanes) is 1. The number of fused-ring (bicyclic) bond motifs is 1. The molecule has 0 aliphatic rings. The van der Waals surface area contributed by atoms with Crippen LogP contribution in [0.3, 0.4) is 0 Å². The Morgan fingerprint density at radius 2 is 1.70 bits per heavy atom. The van der Waals surface area contributed by atoms with Crippen LogP contribution in [0.4, 0.5) is 4.39 Å². The molecule has 0 saturated carbocycles. The highest BCUT2D eigenvalue weighted by Crippen LogP contribution is 2.38. The van der Waals surface area contributed by atoms with E-state index in [1.165, 1.54) is 28.6 Å². The second kappa shape index (κ2) is 7.31. The van der Waals surface area contributed by atoms with Crippen LogP contribution < -0.4 is 0 Å². The fourth-order valence-electron chi connectivity index (χ4n) is 3.70. The Balaban J connectivity index is 2.11. The monoisotopic (exact) mass is 359 g/mol. The molecule has 0 radical (unpaired) electrons. The van der Waals surface area contributed by atoms with Gasteiger partial charge in [-0.05, 0) is 66.8 Å². The summed E-state index contributed by atoms with van der Waals surface area (Å²) in [6.07, 6.45) is 6.68. The predicted octanol–water partition coefficient (Wildman–Crippen LogP) is 5.88. The first kappa shape index (κ1) is 17.4. The van der Waals surface area contributed by atoms with Gasteiger partial charge in [0.1, 0.15) is 5.82 Å². The number of benzene rings is 2. The van der Waals surface area contributed by atoms with Crippen molar-refractivity contribution in [1.82, 2.24) is 14.5 Å². The van der Waals surface area contributed by atoms with Gasteiger partial charge >= 0.3 is 0 Å². The average molecular weight is 359 g/mol. The van der Waals surface area contributed by atoms with Gasteiger partial charge in [0.2, 0.25) is 5.95 Å². The standard InChI is InChI=1S/C23H22FN3/c1-3-4-8-20-19-9-5-7-16(2)21(19)27(23-25-14-6-15-26-23)22(20)17-10-12-18(24)13-11-17/h5-7,9-15H,3-4,8H2,1-2H3. The number of hydrogen-bond donors (Lipinski definition) is 0. The molecule has 3 nitrogen and oxygen atoms in total. The predicted molar refractivity (Wildman–Crippen MR) is 108 cm³/mol. The molecule has 0 amide bonds. The molecule has 0 N–H and O–H groups in total. The lowest BCUT2D eigenvalue weighted by Gasteiger charge is -2.12. The van der Waals surface area contributed by atoms with E-state index in [1.54, 1.807) is 12.4 Å². The number of aromatic nitrogens is 3. The Morgan fingerprint density at radius 1 is 0.963 bits per heavy atom. The SMILES string of the molecule is CCCCc1c(-c2ccc(F)cc2)n(-c2ncccn2)c2c(C)cccc12. The van der Waals surface area contributed by atoms with Crippen molar-refractivity contribution in [2.45, 2.75) is 33.1 Å². The molecule has 0 spiro atoms. The zero-order chi connectivity index (χ0) is 18.8.